The zero-order chi connectivity index (χ0) is 22.7. The summed E-state index contributed by atoms with van der Waals surface area (Å²) in [5, 5.41) is 34.9. The molecule has 9 heteroatoms. The lowest BCUT2D eigenvalue weighted by Gasteiger charge is -2.43. The van der Waals surface area contributed by atoms with Crippen LogP contribution in [0.3, 0.4) is 0 Å². The van der Waals surface area contributed by atoms with Crippen LogP contribution >= 0.6 is 23.4 Å². The molecule has 7 nitrogen and oxygen atoms in total. The first-order chi connectivity index (χ1) is 14.8. The fourth-order valence-corrected chi connectivity index (χ4v) is 5.45. The minimum atomic E-state index is -1.38. The lowest BCUT2D eigenvalue weighted by Crippen LogP contribution is -2.60. The number of aliphatic hydroxyl groups is 3. The molecule has 0 bridgehead atoms. The van der Waals surface area contributed by atoms with Crippen LogP contribution in [-0.4, -0.2) is 81.9 Å². The Morgan fingerprint density at radius 2 is 1.94 bits per heavy atom. The number of nitrogens with zero attached hydrogens (tertiary/aromatic N) is 1. The van der Waals surface area contributed by atoms with E-state index >= 15 is 0 Å². The van der Waals surface area contributed by atoms with Crippen LogP contribution in [0.2, 0.25) is 5.02 Å². The molecule has 0 spiro atoms. The molecule has 1 amide bonds. The second kappa shape index (κ2) is 10.8. The monoisotopic (exact) mass is 472 g/mol. The zero-order valence-corrected chi connectivity index (χ0v) is 19.7. The molecule has 2 aliphatic heterocycles. The van der Waals surface area contributed by atoms with Gasteiger partial charge in [-0.1, -0.05) is 37.1 Å². The van der Waals surface area contributed by atoms with Crippen LogP contribution < -0.4 is 5.32 Å². The predicted molar refractivity (Wildman–Crippen MR) is 122 cm³/mol. The first-order valence-corrected chi connectivity index (χ1v) is 12.4. The van der Waals surface area contributed by atoms with Crippen molar-refractivity contribution in [2.45, 2.75) is 68.1 Å². The van der Waals surface area contributed by atoms with Crippen LogP contribution in [0.5, 0.6) is 0 Å². The Bertz CT molecular complexity index is 737. The van der Waals surface area contributed by atoms with Gasteiger partial charge in [-0.05, 0) is 49.8 Å². The summed E-state index contributed by atoms with van der Waals surface area (Å²) in [5.41, 5.74) is -0.0193. The molecule has 1 aromatic carbocycles. The van der Waals surface area contributed by atoms with Crippen molar-refractivity contribution in [1.82, 2.24) is 10.2 Å². The first kappa shape index (κ1) is 24.8. The van der Waals surface area contributed by atoms with Crippen molar-refractivity contribution in [1.29, 1.82) is 0 Å². The quantitative estimate of drug-likeness (QED) is 0.479. The molecular weight excluding hydrogens is 440 g/mol. The number of thioether (sulfide) groups is 1. The topological polar surface area (TPSA) is 102 Å². The van der Waals surface area contributed by atoms with Crippen molar-refractivity contribution < 1.29 is 24.9 Å². The Kier molecular flexibility index (Phi) is 8.65. The first-order valence-electron chi connectivity index (χ1n) is 10.7. The van der Waals surface area contributed by atoms with Crippen molar-refractivity contribution in [3.8, 4) is 0 Å². The number of hydrogen-bond acceptors (Lipinski definition) is 7. The second-order valence-electron chi connectivity index (χ2n) is 8.56. The SMILES string of the molecule is CCCC1CC(C(=O)NC(c2ccc(Cl)cc2)C2OC(SC)C(O)C(O)C2O)N(C)C1. The molecule has 3 rings (SSSR count). The highest BCUT2D eigenvalue weighted by Crippen LogP contribution is 2.34. The van der Waals surface area contributed by atoms with Gasteiger partial charge in [0.25, 0.3) is 0 Å². The van der Waals surface area contributed by atoms with Crippen LogP contribution in [0.15, 0.2) is 24.3 Å². The minimum absolute atomic E-state index is 0.141. The number of hydrogen-bond donors (Lipinski definition) is 4. The normalized spacial score (nSPS) is 35.1. The standard InChI is InChI=1S/C22H33ClN2O5S/c1-4-5-12-10-15(25(2)11-12)21(29)24-16(13-6-8-14(23)9-7-13)20-18(27)17(26)19(28)22(30-20)31-3/h6-9,12,15-20,22,26-28H,4-5,10-11H2,1-3H3,(H,24,29). The molecule has 174 valence electrons. The van der Waals surface area contributed by atoms with Gasteiger partial charge in [0.05, 0.1) is 12.1 Å². The average molecular weight is 473 g/mol. The molecule has 8 unspecified atom stereocenters. The Hall–Kier alpha value is -0.870. The third-order valence-corrected chi connectivity index (χ3v) is 7.44. The van der Waals surface area contributed by atoms with Gasteiger partial charge in [0.1, 0.15) is 29.9 Å². The molecule has 0 radical (unpaired) electrons. The lowest BCUT2D eigenvalue weighted by atomic mass is 9.90. The summed E-state index contributed by atoms with van der Waals surface area (Å²) in [6.07, 6.45) is -0.201. The Morgan fingerprint density at radius 1 is 1.26 bits per heavy atom. The van der Waals surface area contributed by atoms with E-state index in [1.165, 1.54) is 11.8 Å². The van der Waals surface area contributed by atoms with Gasteiger partial charge < -0.3 is 25.4 Å². The Labute approximate surface area is 193 Å². The molecule has 2 aliphatic rings. The van der Waals surface area contributed by atoms with Crippen molar-refractivity contribution in [2.75, 3.05) is 19.8 Å². The van der Waals surface area contributed by atoms with Crippen molar-refractivity contribution >= 4 is 29.3 Å². The highest BCUT2D eigenvalue weighted by Gasteiger charge is 2.47. The molecular formula is C22H33ClN2O5S. The summed E-state index contributed by atoms with van der Waals surface area (Å²) in [6, 6.07) is 5.98. The van der Waals surface area contributed by atoms with Gasteiger partial charge >= 0.3 is 0 Å². The largest absolute Gasteiger partial charge is 0.387 e. The number of rotatable bonds is 7. The number of ether oxygens (including phenoxy) is 1. The summed E-state index contributed by atoms with van der Waals surface area (Å²) in [7, 11) is 1.95. The molecule has 2 heterocycles. The van der Waals surface area contributed by atoms with Gasteiger partial charge in [0.15, 0.2) is 0 Å². The summed E-state index contributed by atoms with van der Waals surface area (Å²) in [4.78, 5) is 15.3. The van der Waals surface area contributed by atoms with E-state index in [-0.39, 0.29) is 11.9 Å². The fraction of sp³-hybridized carbons (Fsp3) is 0.682. The van der Waals surface area contributed by atoms with E-state index in [2.05, 4.69) is 17.1 Å². The van der Waals surface area contributed by atoms with E-state index in [0.29, 0.717) is 16.5 Å². The van der Waals surface area contributed by atoms with E-state index in [9.17, 15) is 20.1 Å². The van der Waals surface area contributed by atoms with Gasteiger partial charge in [-0.2, -0.15) is 0 Å². The Balaban J connectivity index is 1.85. The van der Waals surface area contributed by atoms with Gasteiger partial charge in [-0.25, -0.2) is 0 Å². The van der Waals surface area contributed by atoms with Gasteiger partial charge in [0.2, 0.25) is 5.91 Å². The molecule has 4 N–H and O–H groups in total. The number of amides is 1. The summed E-state index contributed by atoms with van der Waals surface area (Å²) < 4.78 is 5.97. The summed E-state index contributed by atoms with van der Waals surface area (Å²) in [6.45, 7) is 3.02. The number of benzene rings is 1. The lowest BCUT2D eigenvalue weighted by molar-refractivity contribution is -0.206. The molecule has 8 atom stereocenters. The van der Waals surface area contributed by atoms with Crippen LogP contribution in [0.25, 0.3) is 0 Å². The van der Waals surface area contributed by atoms with Crippen molar-refractivity contribution in [3.05, 3.63) is 34.9 Å². The number of likely N-dealkylation sites (tertiary alicyclic amines) is 1. The number of carbonyl (C=O) groups is 1. The van der Waals surface area contributed by atoms with E-state index < -0.39 is 35.9 Å². The number of halogens is 1. The van der Waals surface area contributed by atoms with Crippen LogP contribution in [0.4, 0.5) is 0 Å². The van der Waals surface area contributed by atoms with Gasteiger partial charge in [-0.15, -0.1) is 11.8 Å². The second-order valence-corrected chi connectivity index (χ2v) is 9.93. The number of carbonyl (C=O) groups excluding carboxylic acids is 1. The minimum Gasteiger partial charge on any atom is -0.387 e. The smallest absolute Gasteiger partial charge is 0.237 e. The molecule has 0 aromatic heterocycles. The maximum Gasteiger partial charge on any atom is 0.237 e. The molecule has 1 aromatic rings. The maximum atomic E-state index is 13.3. The highest BCUT2D eigenvalue weighted by atomic mass is 35.5. The molecule has 2 fully saturated rings. The van der Waals surface area contributed by atoms with Crippen LogP contribution in [0, 0.1) is 5.92 Å². The van der Waals surface area contributed by atoms with Gasteiger partial charge in [0, 0.05) is 11.6 Å². The third kappa shape index (κ3) is 5.55. The molecule has 0 aliphatic carbocycles. The van der Waals surface area contributed by atoms with E-state index in [4.69, 9.17) is 16.3 Å². The van der Waals surface area contributed by atoms with Crippen molar-refractivity contribution in [3.63, 3.8) is 0 Å². The van der Waals surface area contributed by atoms with Crippen molar-refractivity contribution in [2.24, 2.45) is 5.92 Å². The zero-order valence-electron chi connectivity index (χ0n) is 18.1. The van der Waals surface area contributed by atoms with Gasteiger partial charge in [-0.3, -0.25) is 9.69 Å². The van der Waals surface area contributed by atoms with E-state index in [0.717, 1.165) is 25.8 Å². The van der Waals surface area contributed by atoms with E-state index in [1.807, 2.05) is 7.05 Å². The van der Waals surface area contributed by atoms with E-state index in [1.54, 1.807) is 30.5 Å². The van der Waals surface area contributed by atoms with Crippen LogP contribution in [0.1, 0.15) is 37.8 Å². The molecule has 2 saturated heterocycles. The third-order valence-electron chi connectivity index (χ3n) is 6.33. The Morgan fingerprint density at radius 3 is 2.55 bits per heavy atom. The number of nitrogens with one attached hydrogen (secondary N) is 1. The molecule has 0 saturated carbocycles. The highest BCUT2D eigenvalue weighted by molar-refractivity contribution is 7.99. The number of likely N-dealkylation sites (N-methyl/N-ethyl adjacent to an activating group) is 1. The summed E-state index contributed by atoms with van der Waals surface area (Å²) >= 11 is 7.29. The maximum absolute atomic E-state index is 13.3. The summed E-state index contributed by atoms with van der Waals surface area (Å²) in [5.74, 6) is 0.340. The van der Waals surface area contributed by atoms with Crippen LogP contribution in [-0.2, 0) is 9.53 Å². The average Bonchev–Trinajstić information content (AvgIpc) is 3.12. The predicted octanol–water partition coefficient (Wildman–Crippen LogP) is 1.79. The fourth-order valence-electron chi connectivity index (χ4n) is 4.65. The number of aliphatic hydroxyl groups excluding tert-OH is 3. The molecule has 31 heavy (non-hydrogen) atoms.